The van der Waals surface area contributed by atoms with Gasteiger partial charge >= 0.3 is 0 Å². The van der Waals surface area contributed by atoms with E-state index in [-0.39, 0.29) is 23.3 Å². The molecule has 0 aromatic carbocycles. The van der Waals surface area contributed by atoms with Crippen LogP contribution in [0.2, 0.25) is 5.15 Å². The molecule has 1 amide bonds. The average Bonchev–Trinajstić information content (AvgIpc) is 2.24. The maximum Gasteiger partial charge on any atom is 0.270 e. The highest BCUT2D eigenvalue weighted by Gasteiger charge is 2.23. The van der Waals surface area contributed by atoms with Gasteiger partial charge in [-0.3, -0.25) is 4.79 Å². The van der Waals surface area contributed by atoms with Crippen LogP contribution in [0.1, 0.15) is 37.7 Å². The number of carbonyl (C=O) groups is 1. The van der Waals surface area contributed by atoms with Crippen LogP contribution in [0.3, 0.4) is 0 Å². The summed E-state index contributed by atoms with van der Waals surface area (Å²) in [6.07, 6.45) is 0.621. The number of pyridine rings is 1. The van der Waals surface area contributed by atoms with Gasteiger partial charge in [0, 0.05) is 6.54 Å². The zero-order chi connectivity index (χ0) is 13.8. The Morgan fingerprint density at radius 3 is 2.78 bits per heavy atom. The Kier molecular flexibility index (Phi) is 5.11. The van der Waals surface area contributed by atoms with E-state index in [1.165, 1.54) is 0 Å². The fourth-order valence-corrected chi connectivity index (χ4v) is 2.01. The molecular formula is C13H19ClN2O2. The van der Waals surface area contributed by atoms with E-state index < -0.39 is 5.60 Å². The van der Waals surface area contributed by atoms with Crippen LogP contribution in [0.5, 0.6) is 0 Å². The number of nitrogens with zero attached hydrogens (tertiary/aromatic N) is 1. The zero-order valence-electron chi connectivity index (χ0n) is 10.9. The van der Waals surface area contributed by atoms with Gasteiger partial charge in [-0.15, -0.1) is 0 Å². The van der Waals surface area contributed by atoms with Crippen LogP contribution < -0.4 is 5.32 Å². The third-order valence-corrected chi connectivity index (χ3v) is 2.64. The van der Waals surface area contributed by atoms with Gasteiger partial charge < -0.3 is 10.4 Å². The lowest BCUT2D eigenvalue weighted by atomic mass is 9.94. The fraction of sp³-hybridized carbons (Fsp3) is 0.538. The first-order valence-corrected chi connectivity index (χ1v) is 6.31. The van der Waals surface area contributed by atoms with Crippen LogP contribution >= 0.6 is 11.6 Å². The monoisotopic (exact) mass is 270 g/mol. The van der Waals surface area contributed by atoms with Gasteiger partial charge in [0.2, 0.25) is 0 Å². The van der Waals surface area contributed by atoms with Crippen molar-refractivity contribution in [3.63, 3.8) is 0 Å². The number of aromatic nitrogens is 1. The Morgan fingerprint density at radius 1 is 1.56 bits per heavy atom. The number of aliphatic hydroxyl groups is 1. The maximum atomic E-state index is 11.8. The van der Waals surface area contributed by atoms with E-state index in [0.29, 0.717) is 12.3 Å². The lowest BCUT2D eigenvalue weighted by Gasteiger charge is -2.25. The van der Waals surface area contributed by atoms with Crippen molar-refractivity contribution in [2.45, 2.75) is 32.8 Å². The molecule has 0 radical (unpaired) electrons. The van der Waals surface area contributed by atoms with Crippen molar-refractivity contribution in [3.8, 4) is 0 Å². The molecule has 0 fully saturated rings. The summed E-state index contributed by atoms with van der Waals surface area (Å²) in [6, 6.07) is 4.85. The van der Waals surface area contributed by atoms with Gasteiger partial charge in [-0.25, -0.2) is 4.98 Å². The van der Waals surface area contributed by atoms with E-state index in [9.17, 15) is 9.90 Å². The molecule has 1 heterocycles. The number of hydrogen-bond donors (Lipinski definition) is 2. The highest BCUT2D eigenvalue weighted by Crippen LogP contribution is 2.15. The summed E-state index contributed by atoms with van der Waals surface area (Å²) >= 11 is 5.71. The number of hydrogen-bond acceptors (Lipinski definition) is 3. The molecule has 1 rings (SSSR count). The standard InChI is InChI=1S/C13H19ClN2O2/c1-9(2)7-13(3,18)8-15-12(17)10-5-4-6-11(14)16-10/h4-6,9,18H,7-8H2,1-3H3,(H,15,17). The quantitative estimate of drug-likeness (QED) is 0.807. The Labute approximate surface area is 112 Å². The van der Waals surface area contributed by atoms with Gasteiger partial charge in [-0.05, 0) is 31.4 Å². The number of rotatable bonds is 5. The fourth-order valence-electron chi connectivity index (χ4n) is 1.85. The van der Waals surface area contributed by atoms with Gasteiger partial charge in [0.15, 0.2) is 0 Å². The summed E-state index contributed by atoms with van der Waals surface area (Å²) in [7, 11) is 0. The molecule has 1 unspecified atom stereocenters. The third kappa shape index (κ3) is 5.02. The smallest absolute Gasteiger partial charge is 0.270 e. The van der Waals surface area contributed by atoms with E-state index in [1.54, 1.807) is 25.1 Å². The van der Waals surface area contributed by atoms with Crippen molar-refractivity contribution >= 4 is 17.5 Å². The number of carbonyl (C=O) groups excluding carboxylic acids is 1. The normalized spacial score (nSPS) is 14.3. The molecule has 18 heavy (non-hydrogen) atoms. The van der Waals surface area contributed by atoms with Crippen molar-refractivity contribution in [1.29, 1.82) is 0 Å². The van der Waals surface area contributed by atoms with Crippen molar-refractivity contribution in [1.82, 2.24) is 10.3 Å². The molecule has 4 nitrogen and oxygen atoms in total. The van der Waals surface area contributed by atoms with Crippen LogP contribution in [-0.2, 0) is 0 Å². The summed E-state index contributed by atoms with van der Waals surface area (Å²) in [5, 5.41) is 13.0. The second-order valence-corrected chi connectivity index (χ2v) is 5.51. The lowest BCUT2D eigenvalue weighted by Crippen LogP contribution is -2.41. The summed E-state index contributed by atoms with van der Waals surface area (Å²) in [4.78, 5) is 15.7. The SMILES string of the molecule is CC(C)CC(C)(O)CNC(=O)c1cccc(Cl)n1. The largest absolute Gasteiger partial charge is 0.388 e. The van der Waals surface area contributed by atoms with Crippen LogP contribution in [-0.4, -0.2) is 28.1 Å². The number of halogens is 1. The lowest BCUT2D eigenvalue weighted by molar-refractivity contribution is 0.0367. The van der Waals surface area contributed by atoms with Crippen LogP contribution in [0, 0.1) is 5.92 Å². The zero-order valence-corrected chi connectivity index (χ0v) is 11.7. The molecule has 1 aromatic heterocycles. The number of amides is 1. The predicted octanol–water partition coefficient (Wildman–Crippen LogP) is 2.26. The Balaban J connectivity index is 2.56. The highest BCUT2D eigenvalue weighted by atomic mass is 35.5. The van der Waals surface area contributed by atoms with Crippen LogP contribution in [0.4, 0.5) is 0 Å². The molecule has 0 bridgehead atoms. The Hall–Kier alpha value is -1.13. The molecule has 100 valence electrons. The molecule has 1 atom stereocenters. The van der Waals surface area contributed by atoms with Gasteiger partial charge in [0.1, 0.15) is 10.8 Å². The Morgan fingerprint density at radius 2 is 2.22 bits per heavy atom. The van der Waals surface area contributed by atoms with Crippen LogP contribution in [0.25, 0.3) is 0 Å². The molecule has 0 spiro atoms. The first-order valence-electron chi connectivity index (χ1n) is 5.93. The molecule has 0 aliphatic rings. The minimum Gasteiger partial charge on any atom is -0.388 e. The summed E-state index contributed by atoms with van der Waals surface area (Å²) in [5.74, 6) is 0.0303. The maximum absolute atomic E-state index is 11.8. The second kappa shape index (κ2) is 6.16. The summed E-state index contributed by atoms with van der Waals surface area (Å²) in [6.45, 7) is 5.94. The third-order valence-electron chi connectivity index (χ3n) is 2.43. The molecular weight excluding hydrogens is 252 g/mol. The van der Waals surface area contributed by atoms with Crippen molar-refractivity contribution in [2.24, 2.45) is 5.92 Å². The first-order chi connectivity index (χ1) is 8.30. The molecule has 0 saturated heterocycles. The van der Waals surface area contributed by atoms with Crippen molar-refractivity contribution < 1.29 is 9.90 Å². The van der Waals surface area contributed by atoms with E-state index >= 15 is 0 Å². The predicted molar refractivity (Wildman–Crippen MR) is 71.7 cm³/mol. The van der Waals surface area contributed by atoms with E-state index in [0.717, 1.165) is 0 Å². The minimum atomic E-state index is -0.914. The van der Waals surface area contributed by atoms with E-state index in [4.69, 9.17) is 11.6 Å². The topological polar surface area (TPSA) is 62.2 Å². The first kappa shape index (κ1) is 14.9. The number of nitrogens with one attached hydrogen (secondary N) is 1. The molecule has 0 aliphatic carbocycles. The summed E-state index contributed by atoms with van der Waals surface area (Å²) in [5.41, 5.74) is -0.662. The van der Waals surface area contributed by atoms with Gasteiger partial charge in [-0.1, -0.05) is 31.5 Å². The summed E-state index contributed by atoms with van der Waals surface area (Å²) < 4.78 is 0. The Bertz CT molecular complexity index is 419. The van der Waals surface area contributed by atoms with Gasteiger partial charge in [0.05, 0.1) is 5.60 Å². The molecule has 0 saturated carbocycles. The van der Waals surface area contributed by atoms with Gasteiger partial charge in [0.25, 0.3) is 5.91 Å². The highest BCUT2D eigenvalue weighted by molar-refractivity contribution is 6.29. The van der Waals surface area contributed by atoms with Crippen molar-refractivity contribution in [2.75, 3.05) is 6.54 Å². The molecule has 2 N–H and O–H groups in total. The molecule has 5 heteroatoms. The average molecular weight is 271 g/mol. The van der Waals surface area contributed by atoms with Crippen LogP contribution in [0.15, 0.2) is 18.2 Å². The molecule has 1 aromatic rings. The second-order valence-electron chi connectivity index (χ2n) is 5.12. The minimum absolute atomic E-state index is 0.193. The van der Waals surface area contributed by atoms with Crippen molar-refractivity contribution in [3.05, 3.63) is 29.0 Å². The van der Waals surface area contributed by atoms with Gasteiger partial charge in [-0.2, -0.15) is 0 Å². The molecule has 0 aliphatic heterocycles. The van der Waals surface area contributed by atoms with E-state index in [2.05, 4.69) is 10.3 Å². The van der Waals surface area contributed by atoms with E-state index in [1.807, 2.05) is 13.8 Å².